The topological polar surface area (TPSA) is 86.3 Å². The van der Waals surface area contributed by atoms with Gasteiger partial charge in [-0.3, -0.25) is 4.79 Å². The van der Waals surface area contributed by atoms with Gasteiger partial charge in [-0.05, 0) is 12.1 Å². The van der Waals surface area contributed by atoms with E-state index in [0.717, 1.165) is 0 Å². The smallest absolute Gasteiger partial charge is 0.226 e. The molecular formula is C16H19N3O3. The van der Waals surface area contributed by atoms with E-state index in [-0.39, 0.29) is 31.8 Å². The first kappa shape index (κ1) is 17.3. The molecule has 0 atom stereocenters. The van der Waals surface area contributed by atoms with Crippen molar-refractivity contribution in [2.45, 2.75) is 19.3 Å². The molecule has 1 amide bonds. The summed E-state index contributed by atoms with van der Waals surface area (Å²) in [7, 11) is 1.55. The van der Waals surface area contributed by atoms with E-state index in [9.17, 15) is 4.79 Å². The van der Waals surface area contributed by atoms with Gasteiger partial charge in [-0.1, -0.05) is 12.1 Å². The van der Waals surface area contributed by atoms with Crippen LogP contribution >= 0.6 is 0 Å². The third-order valence-electron chi connectivity index (χ3n) is 2.98. The monoisotopic (exact) mass is 301 g/mol. The Hall–Kier alpha value is -2.73. The van der Waals surface area contributed by atoms with Crippen LogP contribution in [0.5, 0.6) is 11.5 Å². The second-order valence-corrected chi connectivity index (χ2v) is 4.45. The van der Waals surface area contributed by atoms with Crippen LogP contribution in [0.4, 0.5) is 0 Å². The zero-order valence-corrected chi connectivity index (χ0v) is 12.6. The van der Waals surface area contributed by atoms with E-state index in [1.165, 1.54) is 4.90 Å². The molecule has 0 aliphatic rings. The number of para-hydroxylation sites is 2. The first-order chi connectivity index (χ1) is 10.7. The number of methoxy groups -OCH3 is 1. The molecule has 116 valence electrons. The lowest BCUT2D eigenvalue weighted by atomic mass is 10.3. The fourth-order valence-corrected chi connectivity index (χ4v) is 1.88. The highest BCUT2D eigenvalue weighted by Crippen LogP contribution is 2.25. The van der Waals surface area contributed by atoms with Gasteiger partial charge in [-0.2, -0.15) is 10.5 Å². The number of ether oxygens (including phenoxy) is 2. The Kier molecular flexibility index (Phi) is 7.92. The summed E-state index contributed by atoms with van der Waals surface area (Å²) in [5.41, 5.74) is 0. The van der Waals surface area contributed by atoms with Crippen LogP contribution in [0.25, 0.3) is 0 Å². The lowest BCUT2D eigenvalue weighted by molar-refractivity contribution is -0.131. The highest BCUT2D eigenvalue weighted by molar-refractivity contribution is 5.76. The number of nitrogens with zero attached hydrogens (tertiary/aromatic N) is 3. The molecule has 0 heterocycles. The summed E-state index contributed by atoms with van der Waals surface area (Å²) < 4.78 is 10.7. The molecular weight excluding hydrogens is 282 g/mol. The van der Waals surface area contributed by atoms with Crippen LogP contribution in [-0.2, 0) is 4.79 Å². The van der Waals surface area contributed by atoms with E-state index in [1.807, 2.05) is 24.3 Å². The van der Waals surface area contributed by atoms with Crippen LogP contribution < -0.4 is 9.47 Å². The van der Waals surface area contributed by atoms with Gasteiger partial charge in [0.25, 0.3) is 0 Å². The van der Waals surface area contributed by atoms with Crippen molar-refractivity contribution in [3.05, 3.63) is 24.3 Å². The molecule has 6 nitrogen and oxygen atoms in total. The molecule has 22 heavy (non-hydrogen) atoms. The zero-order chi connectivity index (χ0) is 16.2. The van der Waals surface area contributed by atoms with E-state index in [4.69, 9.17) is 20.0 Å². The highest BCUT2D eigenvalue weighted by atomic mass is 16.5. The highest BCUT2D eigenvalue weighted by Gasteiger charge is 2.13. The van der Waals surface area contributed by atoms with E-state index in [0.29, 0.717) is 24.6 Å². The standard InChI is InChI=1S/C16H19N3O3/c1-21-14-6-2-3-7-15(14)22-13-8-16(20)19(11-4-9-17)12-5-10-18/h2-3,6-7H,4-5,8,11-13H2,1H3. The van der Waals surface area contributed by atoms with Crippen molar-refractivity contribution in [3.63, 3.8) is 0 Å². The second-order valence-electron chi connectivity index (χ2n) is 4.45. The fourth-order valence-electron chi connectivity index (χ4n) is 1.88. The van der Waals surface area contributed by atoms with Gasteiger partial charge in [0.1, 0.15) is 0 Å². The van der Waals surface area contributed by atoms with Gasteiger partial charge < -0.3 is 14.4 Å². The van der Waals surface area contributed by atoms with Crippen LogP contribution in [0.15, 0.2) is 24.3 Å². The van der Waals surface area contributed by atoms with Gasteiger partial charge in [0, 0.05) is 13.1 Å². The minimum atomic E-state index is -0.125. The molecule has 0 radical (unpaired) electrons. The largest absolute Gasteiger partial charge is 0.493 e. The Labute approximate surface area is 130 Å². The lowest BCUT2D eigenvalue weighted by Gasteiger charge is -2.20. The third-order valence-corrected chi connectivity index (χ3v) is 2.98. The lowest BCUT2D eigenvalue weighted by Crippen LogP contribution is -2.33. The van der Waals surface area contributed by atoms with Crippen molar-refractivity contribution in [3.8, 4) is 23.6 Å². The molecule has 0 bridgehead atoms. The van der Waals surface area contributed by atoms with Crippen molar-refractivity contribution in [2.75, 3.05) is 26.8 Å². The van der Waals surface area contributed by atoms with Gasteiger partial charge in [0.05, 0.1) is 45.1 Å². The molecule has 1 aromatic carbocycles. The summed E-state index contributed by atoms with van der Waals surface area (Å²) >= 11 is 0. The molecule has 0 fully saturated rings. The van der Waals surface area contributed by atoms with E-state index >= 15 is 0 Å². The zero-order valence-electron chi connectivity index (χ0n) is 12.6. The average molecular weight is 301 g/mol. The van der Waals surface area contributed by atoms with Gasteiger partial charge in [0.2, 0.25) is 5.91 Å². The molecule has 1 aromatic rings. The molecule has 0 aliphatic carbocycles. The summed E-state index contributed by atoms with van der Waals surface area (Å²) in [6.07, 6.45) is 0.698. The first-order valence-corrected chi connectivity index (χ1v) is 7.00. The number of benzene rings is 1. The number of amides is 1. The predicted octanol–water partition coefficient (Wildman–Crippen LogP) is 2.12. The maximum atomic E-state index is 12.1. The minimum Gasteiger partial charge on any atom is -0.493 e. The van der Waals surface area contributed by atoms with Crippen LogP contribution in [0.1, 0.15) is 19.3 Å². The number of carbonyl (C=O) groups excluding carboxylic acids is 1. The van der Waals surface area contributed by atoms with Crippen molar-refractivity contribution >= 4 is 5.91 Å². The molecule has 0 saturated heterocycles. The van der Waals surface area contributed by atoms with Crippen molar-refractivity contribution < 1.29 is 14.3 Å². The first-order valence-electron chi connectivity index (χ1n) is 7.00. The molecule has 1 rings (SSSR count). The minimum absolute atomic E-state index is 0.125. The van der Waals surface area contributed by atoms with Crippen LogP contribution in [0.2, 0.25) is 0 Å². The molecule has 0 aliphatic heterocycles. The molecule has 0 unspecified atom stereocenters. The fraction of sp³-hybridized carbons (Fsp3) is 0.438. The number of hydrogen-bond acceptors (Lipinski definition) is 5. The number of carbonyl (C=O) groups is 1. The quantitative estimate of drug-likeness (QED) is 0.697. The maximum absolute atomic E-state index is 12.1. The maximum Gasteiger partial charge on any atom is 0.226 e. The van der Waals surface area contributed by atoms with Gasteiger partial charge in [-0.15, -0.1) is 0 Å². The molecule has 0 N–H and O–H groups in total. The number of hydrogen-bond donors (Lipinski definition) is 0. The van der Waals surface area contributed by atoms with E-state index in [2.05, 4.69) is 0 Å². The van der Waals surface area contributed by atoms with Crippen molar-refractivity contribution in [1.29, 1.82) is 10.5 Å². The van der Waals surface area contributed by atoms with E-state index < -0.39 is 0 Å². The van der Waals surface area contributed by atoms with Crippen LogP contribution in [-0.4, -0.2) is 37.6 Å². The summed E-state index contributed by atoms with van der Waals surface area (Å²) in [5.74, 6) is 1.07. The number of rotatable bonds is 9. The third kappa shape index (κ3) is 5.72. The van der Waals surface area contributed by atoms with Crippen molar-refractivity contribution in [2.24, 2.45) is 0 Å². The Morgan fingerprint density at radius 3 is 2.27 bits per heavy atom. The Bertz CT molecular complexity index is 542. The molecule has 0 saturated carbocycles. The predicted molar refractivity (Wildman–Crippen MR) is 80.1 cm³/mol. The van der Waals surface area contributed by atoms with E-state index in [1.54, 1.807) is 19.2 Å². The van der Waals surface area contributed by atoms with Crippen molar-refractivity contribution in [1.82, 2.24) is 4.90 Å². The average Bonchev–Trinajstić information content (AvgIpc) is 2.55. The second kappa shape index (κ2) is 10.1. The van der Waals surface area contributed by atoms with Crippen LogP contribution in [0.3, 0.4) is 0 Å². The summed E-state index contributed by atoms with van der Waals surface area (Å²) in [6, 6.07) is 11.2. The normalized spacial score (nSPS) is 9.41. The molecule has 0 spiro atoms. The number of nitriles is 2. The molecule has 6 heteroatoms. The Morgan fingerprint density at radius 2 is 1.73 bits per heavy atom. The summed E-state index contributed by atoms with van der Waals surface area (Å²) in [6.45, 7) is 0.895. The summed E-state index contributed by atoms with van der Waals surface area (Å²) in [5, 5.41) is 17.2. The van der Waals surface area contributed by atoms with Crippen LogP contribution in [0, 0.1) is 22.7 Å². The SMILES string of the molecule is COc1ccccc1OCCC(=O)N(CCC#N)CCC#N. The Morgan fingerprint density at radius 1 is 1.14 bits per heavy atom. The Balaban J connectivity index is 2.48. The molecule has 0 aromatic heterocycles. The van der Waals surface area contributed by atoms with Gasteiger partial charge >= 0.3 is 0 Å². The van der Waals surface area contributed by atoms with Gasteiger partial charge in [-0.25, -0.2) is 0 Å². The van der Waals surface area contributed by atoms with Gasteiger partial charge in [0.15, 0.2) is 11.5 Å². The summed E-state index contributed by atoms with van der Waals surface area (Å²) in [4.78, 5) is 13.6.